The Morgan fingerprint density at radius 2 is 1.57 bits per heavy atom. The van der Waals surface area contributed by atoms with Crippen LogP contribution in [-0.4, -0.2) is 42.3 Å². The minimum absolute atomic E-state index is 0.173. The van der Waals surface area contributed by atoms with Crippen molar-refractivity contribution in [3.8, 4) is 5.75 Å². The van der Waals surface area contributed by atoms with E-state index in [1.807, 2.05) is 30.3 Å². The van der Waals surface area contributed by atoms with Gasteiger partial charge in [0.1, 0.15) is 12.4 Å². The summed E-state index contributed by atoms with van der Waals surface area (Å²) in [7, 11) is 2.22. The van der Waals surface area contributed by atoms with Crippen LogP contribution in [0.3, 0.4) is 0 Å². The van der Waals surface area contributed by atoms with Gasteiger partial charge in [0, 0.05) is 11.1 Å². The van der Waals surface area contributed by atoms with E-state index in [0.717, 1.165) is 18.6 Å². The van der Waals surface area contributed by atoms with Crippen LogP contribution in [0.1, 0.15) is 40.5 Å². The number of piperidine rings is 1. The van der Waals surface area contributed by atoms with E-state index in [1.165, 1.54) is 0 Å². The third-order valence-electron chi connectivity index (χ3n) is 4.72. The molecule has 21 heavy (non-hydrogen) atoms. The Morgan fingerprint density at radius 3 is 2.14 bits per heavy atom. The average Bonchev–Trinajstić information content (AvgIpc) is 2.42. The molecule has 118 valence electrons. The first kappa shape index (κ1) is 16.3. The second-order valence-electron chi connectivity index (χ2n) is 7.25. The second-order valence-corrected chi connectivity index (χ2v) is 7.25. The van der Waals surface area contributed by atoms with Crippen LogP contribution in [0.5, 0.6) is 5.75 Å². The van der Waals surface area contributed by atoms with E-state index in [9.17, 15) is 0 Å². The Kier molecular flexibility index (Phi) is 4.95. The molecule has 0 atom stereocenters. The predicted molar refractivity (Wildman–Crippen MR) is 86.8 cm³/mol. The smallest absolute Gasteiger partial charge is 0.119 e. The quantitative estimate of drug-likeness (QED) is 0.772. The number of benzene rings is 1. The van der Waals surface area contributed by atoms with Crippen LogP contribution < -0.4 is 4.74 Å². The number of para-hydroxylation sites is 1. The summed E-state index contributed by atoms with van der Waals surface area (Å²) in [6, 6.07) is 9.91. The standard InChI is InChI=1S/C18H29NO2/c1-17(2)13-16(14-18(3,4)19(17)5)21-12-11-20-15-9-7-6-8-10-15/h6-10,16H,11-14H2,1-5H3. The number of ether oxygens (including phenoxy) is 2. The van der Waals surface area contributed by atoms with Crippen LogP contribution in [0.4, 0.5) is 0 Å². The Morgan fingerprint density at radius 1 is 1.00 bits per heavy atom. The van der Waals surface area contributed by atoms with Crippen LogP contribution in [0.2, 0.25) is 0 Å². The molecule has 0 spiro atoms. The largest absolute Gasteiger partial charge is 0.491 e. The lowest BCUT2D eigenvalue weighted by atomic mass is 9.79. The van der Waals surface area contributed by atoms with Crippen molar-refractivity contribution in [2.24, 2.45) is 0 Å². The van der Waals surface area contributed by atoms with E-state index in [4.69, 9.17) is 9.47 Å². The number of rotatable bonds is 5. The number of likely N-dealkylation sites (tertiary alicyclic amines) is 1. The minimum Gasteiger partial charge on any atom is -0.491 e. The van der Waals surface area contributed by atoms with E-state index < -0.39 is 0 Å². The van der Waals surface area contributed by atoms with Crippen molar-refractivity contribution in [2.45, 2.75) is 57.7 Å². The molecule has 1 aliphatic heterocycles. The van der Waals surface area contributed by atoms with E-state index in [1.54, 1.807) is 0 Å². The second kappa shape index (κ2) is 6.37. The molecular formula is C18H29NO2. The molecule has 0 radical (unpaired) electrons. The predicted octanol–water partition coefficient (Wildman–Crippen LogP) is 3.73. The first-order valence-corrected chi connectivity index (χ1v) is 7.85. The lowest BCUT2D eigenvalue weighted by Gasteiger charge is -2.53. The van der Waals surface area contributed by atoms with Crippen molar-refractivity contribution < 1.29 is 9.47 Å². The number of nitrogens with zero attached hydrogens (tertiary/aromatic N) is 1. The number of hydrogen-bond acceptors (Lipinski definition) is 3. The SMILES string of the molecule is CN1C(C)(C)CC(OCCOc2ccccc2)CC1(C)C. The summed E-state index contributed by atoms with van der Waals surface area (Å²) in [6.07, 6.45) is 2.45. The fraction of sp³-hybridized carbons (Fsp3) is 0.667. The first-order valence-electron chi connectivity index (χ1n) is 7.85. The Balaban J connectivity index is 1.78. The molecule has 3 heteroatoms. The monoisotopic (exact) mass is 291 g/mol. The average molecular weight is 291 g/mol. The molecule has 2 rings (SSSR count). The normalized spacial score (nSPS) is 22.1. The summed E-state index contributed by atoms with van der Waals surface area (Å²) >= 11 is 0. The molecule has 0 aliphatic carbocycles. The van der Waals surface area contributed by atoms with Gasteiger partial charge in [-0.3, -0.25) is 4.90 Å². The molecule has 1 aliphatic rings. The highest BCUT2D eigenvalue weighted by Gasteiger charge is 2.43. The molecule has 0 unspecified atom stereocenters. The van der Waals surface area contributed by atoms with Gasteiger partial charge in [0.2, 0.25) is 0 Å². The van der Waals surface area contributed by atoms with E-state index in [-0.39, 0.29) is 11.1 Å². The minimum atomic E-state index is 0.173. The lowest BCUT2D eigenvalue weighted by molar-refractivity contribution is -0.0947. The molecular weight excluding hydrogens is 262 g/mol. The van der Waals surface area contributed by atoms with Gasteiger partial charge in [-0.15, -0.1) is 0 Å². The molecule has 1 heterocycles. The lowest BCUT2D eigenvalue weighted by Crippen LogP contribution is -2.60. The molecule has 0 N–H and O–H groups in total. The summed E-state index contributed by atoms with van der Waals surface area (Å²) < 4.78 is 11.8. The molecule has 1 fully saturated rings. The maximum absolute atomic E-state index is 6.07. The van der Waals surface area contributed by atoms with Crippen LogP contribution in [0.15, 0.2) is 30.3 Å². The summed E-state index contributed by atoms with van der Waals surface area (Å²) in [6.45, 7) is 10.4. The van der Waals surface area contributed by atoms with Crippen molar-refractivity contribution in [2.75, 3.05) is 20.3 Å². The first-order chi connectivity index (χ1) is 9.81. The topological polar surface area (TPSA) is 21.7 Å². The molecule has 1 aromatic rings. The fourth-order valence-electron chi connectivity index (χ4n) is 3.29. The van der Waals surface area contributed by atoms with Crippen molar-refractivity contribution >= 4 is 0 Å². The molecule has 0 bridgehead atoms. The van der Waals surface area contributed by atoms with Crippen molar-refractivity contribution in [1.82, 2.24) is 4.90 Å². The Labute approximate surface area is 129 Å². The van der Waals surface area contributed by atoms with Gasteiger partial charge in [0.15, 0.2) is 0 Å². The molecule has 0 amide bonds. The summed E-state index contributed by atoms with van der Waals surface area (Å²) in [5.74, 6) is 0.908. The molecule has 3 nitrogen and oxygen atoms in total. The van der Waals surface area contributed by atoms with Crippen LogP contribution in [0, 0.1) is 0 Å². The molecule has 1 aromatic carbocycles. The van der Waals surface area contributed by atoms with Gasteiger partial charge in [-0.1, -0.05) is 18.2 Å². The maximum atomic E-state index is 6.07. The van der Waals surface area contributed by atoms with Gasteiger partial charge in [0.25, 0.3) is 0 Å². The third-order valence-corrected chi connectivity index (χ3v) is 4.72. The Hall–Kier alpha value is -1.06. The van der Waals surface area contributed by atoms with Gasteiger partial charge < -0.3 is 9.47 Å². The van der Waals surface area contributed by atoms with E-state index >= 15 is 0 Å². The highest BCUT2D eigenvalue weighted by molar-refractivity contribution is 5.20. The van der Waals surface area contributed by atoms with Gasteiger partial charge in [-0.25, -0.2) is 0 Å². The molecule has 0 aromatic heterocycles. The van der Waals surface area contributed by atoms with Crippen molar-refractivity contribution in [1.29, 1.82) is 0 Å². The van der Waals surface area contributed by atoms with Gasteiger partial charge >= 0.3 is 0 Å². The zero-order valence-electron chi connectivity index (χ0n) is 14.1. The van der Waals surface area contributed by atoms with Crippen LogP contribution in [0.25, 0.3) is 0 Å². The Bertz CT molecular complexity index is 424. The zero-order valence-corrected chi connectivity index (χ0v) is 14.1. The fourth-order valence-corrected chi connectivity index (χ4v) is 3.29. The molecule has 0 saturated carbocycles. The van der Waals surface area contributed by atoms with Crippen molar-refractivity contribution in [3.63, 3.8) is 0 Å². The van der Waals surface area contributed by atoms with Gasteiger partial charge in [0.05, 0.1) is 12.7 Å². The summed E-state index contributed by atoms with van der Waals surface area (Å²) in [5.41, 5.74) is 0.347. The molecule has 1 saturated heterocycles. The summed E-state index contributed by atoms with van der Waals surface area (Å²) in [4.78, 5) is 2.47. The number of hydrogen-bond donors (Lipinski definition) is 0. The van der Waals surface area contributed by atoms with Crippen molar-refractivity contribution in [3.05, 3.63) is 30.3 Å². The van der Waals surface area contributed by atoms with Gasteiger partial charge in [-0.2, -0.15) is 0 Å². The third kappa shape index (κ3) is 4.21. The summed E-state index contributed by atoms with van der Waals surface area (Å²) in [5, 5.41) is 0. The zero-order chi connectivity index (χ0) is 15.5. The van der Waals surface area contributed by atoms with E-state index in [2.05, 4.69) is 39.6 Å². The van der Waals surface area contributed by atoms with Crippen LogP contribution >= 0.6 is 0 Å². The van der Waals surface area contributed by atoms with Gasteiger partial charge in [-0.05, 0) is 59.7 Å². The van der Waals surface area contributed by atoms with E-state index in [0.29, 0.717) is 19.3 Å². The highest BCUT2D eigenvalue weighted by Crippen LogP contribution is 2.37. The van der Waals surface area contributed by atoms with Crippen LogP contribution in [-0.2, 0) is 4.74 Å². The highest BCUT2D eigenvalue weighted by atomic mass is 16.5. The maximum Gasteiger partial charge on any atom is 0.119 e.